The van der Waals surface area contributed by atoms with Gasteiger partial charge in [0.1, 0.15) is 0 Å². The van der Waals surface area contributed by atoms with Gasteiger partial charge in [-0.25, -0.2) is 0 Å². The van der Waals surface area contributed by atoms with E-state index < -0.39 is 0 Å². The van der Waals surface area contributed by atoms with Crippen molar-refractivity contribution in [2.75, 3.05) is 38.3 Å². The summed E-state index contributed by atoms with van der Waals surface area (Å²) in [5.74, 6) is 1.59. The van der Waals surface area contributed by atoms with Crippen molar-refractivity contribution in [2.45, 2.75) is 19.3 Å². The average Bonchev–Trinajstić information content (AvgIpc) is 3.01. The molecule has 5 heteroatoms. The number of rotatable bonds is 4. The summed E-state index contributed by atoms with van der Waals surface area (Å²) in [5.41, 5.74) is 2.05. The van der Waals surface area contributed by atoms with Crippen LogP contribution in [0.3, 0.4) is 0 Å². The summed E-state index contributed by atoms with van der Waals surface area (Å²) in [7, 11) is 0. The van der Waals surface area contributed by atoms with Gasteiger partial charge in [0.15, 0.2) is 11.5 Å². The van der Waals surface area contributed by atoms with Crippen molar-refractivity contribution < 1.29 is 9.47 Å². The van der Waals surface area contributed by atoms with Crippen LogP contribution >= 0.6 is 0 Å². The molecule has 2 aliphatic rings. The normalized spacial score (nSPS) is 17.8. The molecular formula is C17H21N3O2. The third-order valence-electron chi connectivity index (χ3n) is 4.43. The third-order valence-corrected chi connectivity index (χ3v) is 4.43. The maximum atomic E-state index is 5.48. The van der Waals surface area contributed by atoms with Gasteiger partial charge in [0.25, 0.3) is 0 Å². The van der Waals surface area contributed by atoms with Crippen molar-refractivity contribution in [3.05, 3.63) is 24.4 Å². The zero-order valence-corrected chi connectivity index (χ0v) is 12.7. The number of nitrogens with zero attached hydrogens (tertiary/aromatic N) is 2. The first kappa shape index (κ1) is 13.6. The topological polar surface area (TPSA) is 46.6 Å². The first-order chi connectivity index (χ1) is 10.9. The number of benzene rings is 1. The number of hydrogen-bond acceptors (Lipinski definition) is 5. The van der Waals surface area contributed by atoms with Gasteiger partial charge in [0, 0.05) is 36.4 Å². The van der Waals surface area contributed by atoms with Gasteiger partial charge in [-0.15, -0.1) is 0 Å². The summed E-state index contributed by atoms with van der Waals surface area (Å²) in [6.07, 6.45) is 5.89. The average molecular weight is 299 g/mol. The Bertz CT molecular complexity index is 668. The molecule has 0 radical (unpaired) electrons. The molecule has 0 aliphatic carbocycles. The van der Waals surface area contributed by atoms with Crippen LogP contribution in [0.5, 0.6) is 11.5 Å². The molecule has 1 aromatic heterocycles. The smallest absolute Gasteiger partial charge is 0.231 e. The van der Waals surface area contributed by atoms with Gasteiger partial charge in [-0.05, 0) is 38.1 Å². The van der Waals surface area contributed by atoms with E-state index in [1.54, 1.807) is 0 Å². The van der Waals surface area contributed by atoms with E-state index in [9.17, 15) is 0 Å². The Kier molecular flexibility index (Phi) is 3.72. The Morgan fingerprint density at radius 3 is 2.77 bits per heavy atom. The van der Waals surface area contributed by atoms with E-state index >= 15 is 0 Å². The third kappa shape index (κ3) is 2.68. The minimum absolute atomic E-state index is 0.295. The number of likely N-dealkylation sites (tertiary alicyclic amines) is 1. The molecule has 0 bridgehead atoms. The van der Waals surface area contributed by atoms with E-state index in [2.05, 4.69) is 15.2 Å². The number of ether oxygens (including phenoxy) is 2. The Hall–Kier alpha value is -2.01. The van der Waals surface area contributed by atoms with Gasteiger partial charge >= 0.3 is 0 Å². The molecule has 0 amide bonds. The molecule has 22 heavy (non-hydrogen) atoms. The quantitative estimate of drug-likeness (QED) is 0.940. The predicted molar refractivity (Wildman–Crippen MR) is 86.6 cm³/mol. The SMILES string of the molecule is c1cc(NCCN2CCCCC2)c2cc3c(cc2n1)OCO3. The van der Waals surface area contributed by atoms with Crippen LogP contribution in [0.4, 0.5) is 5.69 Å². The number of fused-ring (bicyclic) bond motifs is 2. The van der Waals surface area contributed by atoms with Crippen molar-refractivity contribution in [2.24, 2.45) is 0 Å². The van der Waals surface area contributed by atoms with Gasteiger partial charge < -0.3 is 19.7 Å². The second-order valence-corrected chi connectivity index (χ2v) is 5.91. The zero-order valence-electron chi connectivity index (χ0n) is 12.7. The number of nitrogens with one attached hydrogen (secondary N) is 1. The molecule has 1 saturated heterocycles. The van der Waals surface area contributed by atoms with Crippen molar-refractivity contribution in [1.82, 2.24) is 9.88 Å². The Morgan fingerprint density at radius 1 is 1.09 bits per heavy atom. The van der Waals surface area contributed by atoms with Crippen molar-refractivity contribution in [3.63, 3.8) is 0 Å². The molecular weight excluding hydrogens is 278 g/mol. The molecule has 0 unspecified atom stereocenters. The molecule has 2 aromatic rings. The maximum Gasteiger partial charge on any atom is 0.231 e. The number of pyridine rings is 1. The maximum absolute atomic E-state index is 5.48. The molecule has 0 atom stereocenters. The predicted octanol–water partition coefficient (Wildman–Crippen LogP) is 2.86. The van der Waals surface area contributed by atoms with Crippen LogP contribution in [0.15, 0.2) is 24.4 Å². The van der Waals surface area contributed by atoms with Crippen molar-refractivity contribution in [1.29, 1.82) is 0 Å². The van der Waals surface area contributed by atoms with Crippen LogP contribution in [0.2, 0.25) is 0 Å². The van der Waals surface area contributed by atoms with Crippen LogP contribution in [-0.2, 0) is 0 Å². The summed E-state index contributed by atoms with van der Waals surface area (Å²) in [6, 6.07) is 6.00. The van der Waals surface area contributed by atoms with E-state index in [0.717, 1.165) is 41.2 Å². The fraction of sp³-hybridized carbons (Fsp3) is 0.471. The summed E-state index contributed by atoms with van der Waals surface area (Å²) in [5, 5.41) is 4.64. The highest BCUT2D eigenvalue weighted by Gasteiger charge is 2.16. The number of hydrogen-bond donors (Lipinski definition) is 1. The summed E-state index contributed by atoms with van der Waals surface area (Å²) in [4.78, 5) is 6.97. The van der Waals surface area contributed by atoms with Crippen LogP contribution in [-0.4, -0.2) is 42.9 Å². The minimum atomic E-state index is 0.295. The zero-order chi connectivity index (χ0) is 14.8. The van der Waals surface area contributed by atoms with E-state index in [-0.39, 0.29) is 0 Å². The van der Waals surface area contributed by atoms with Gasteiger partial charge in [0.05, 0.1) is 5.52 Å². The first-order valence-electron chi connectivity index (χ1n) is 8.05. The van der Waals surface area contributed by atoms with Crippen molar-refractivity contribution in [3.8, 4) is 11.5 Å². The molecule has 3 heterocycles. The van der Waals surface area contributed by atoms with Crippen LogP contribution in [0.1, 0.15) is 19.3 Å². The monoisotopic (exact) mass is 299 g/mol. The second kappa shape index (κ2) is 6.01. The van der Waals surface area contributed by atoms with Crippen LogP contribution < -0.4 is 14.8 Å². The molecule has 1 N–H and O–H groups in total. The van der Waals surface area contributed by atoms with Crippen molar-refractivity contribution >= 4 is 16.6 Å². The lowest BCUT2D eigenvalue weighted by Crippen LogP contribution is -2.33. The van der Waals surface area contributed by atoms with Gasteiger partial charge in [-0.3, -0.25) is 4.98 Å². The lowest BCUT2D eigenvalue weighted by Gasteiger charge is -2.26. The van der Waals surface area contributed by atoms with Crippen LogP contribution in [0.25, 0.3) is 10.9 Å². The van der Waals surface area contributed by atoms with E-state index in [0.29, 0.717) is 6.79 Å². The largest absolute Gasteiger partial charge is 0.454 e. The van der Waals surface area contributed by atoms with Gasteiger partial charge in [-0.1, -0.05) is 6.42 Å². The van der Waals surface area contributed by atoms with E-state index in [1.165, 1.54) is 32.4 Å². The highest BCUT2D eigenvalue weighted by Crippen LogP contribution is 2.37. The molecule has 5 nitrogen and oxygen atoms in total. The molecule has 0 spiro atoms. The van der Waals surface area contributed by atoms with E-state index in [4.69, 9.17) is 9.47 Å². The van der Waals surface area contributed by atoms with Crippen LogP contribution in [0, 0.1) is 0 Å². The number of piperidine rings is 1. The standard InChI is InChI=1S/C17H21N3O2/c1-2-7-20(8-3-1)9-6-19-14-4-5-18-15-11-17-16(10-13(14)15)21-12-22-17/h4-5,10-11H,1-3,6-9,12H2,(H,18,19). The Balaban J connectivity index is 1.49. The fourth-order valence-electron chi connectivity index (χ4n) is 3.22. The Morgan fingerprint density at radius 2 is 1.91 bits per heavy atom. The highest BCUT2D eigenvalue weighted by molar-refractivity contribution is 5.93. The molecule has 0 saturated carbocycles. The molecule has 116 valence electrons. The summed E-state index contributed by atoms with van der Waals surface area (Å²) >= 11 is 0. The van der Waals surface area contributed by atoms with Gasteiger partial charge in [0.2, 0.25) is 6.79 Å². The Labute approximate surface area is 130 Å². The fourth-order valence-corrected chi connectivity index (χ4v) is 3.22. The van der Waals surface area contributed by atoms with Gasteiger partial charge in [-0.2, -0.15) is 0 Å². The number of aromatic nitrogens is 1. The molecule has 1 aromatic carbocycles. The molecule has 2 aliphatic heterocycles. The lowest BCUT2D eigenvalue weighted by atomic mass is 10.1. The highest BCUT2D eigenvalue weighted by atomic mass is 16.7. The minimum Gasteiger partial charge on any atom is -0.454 e. The lowest BCUT2D eigenvalue weighted by molar-refractivity contribution is 0.174. The number of anilines is 1. The molecule has 1 fully saturated rings. The summed E-state index contributed by atoms with van der Waals surface area (Å²) < 4.78 is 10.9. The second-order valence-electron chi connectivity index (χ2n) is 5.91. The first-order valence-corrected chi connectivity index (χ1v) is 8.05. The molecule has 4 rings (SSSR count). The van der Waals surface area contributed by atoms with E-state index in [1.807, 2.05) is 24.4 Å². The summed E-state index contributed by atoms with van der Waals surface area (Å²) in [6.45, 7) is 4.81.